The van der Waals surface area contributed by atoms with E-state index in [-0.39, 0.29) is 5.91 Å². The molecule has 0 unspecified atom stereocenters. The van der Waals surface area contributed by atoms with Crippen molar-refractivity contribution in [2.75, 3.05) is 7.05 Å². The summed E-state index contributed by atoms with van der Waals surface area (Å²) in [5.41, 5.74) is 1.94. The number of aromatic nitrogens is 2. The Labute approximate surface area is 128 Å². The van der Waals surface area contributed by atoms with Gasteiger partial charge in [0.05, 0.1) is 18.7 Å². The number of nitrogens with zero attached hydrogens (tertiary/aromatic N) is 3. The van der Waals surface area contributed by atoms with Crippen LogP contribution in [0.2, 0.25) is 0 Å². The van der Waals surface area contributed by atoms with Gasteiger partial charge in [0.1, 0.15) is 17.0 Å². The van der Waals surface area contributed by atoms with Crippen LogP contribution in [0.4, 0.5) is 0 Å². The molecule has 0 radical (unpaired) electrons. The number of hydrogen-bond donors (Lipinski definition) is 0. The summed E-state index contributed by atoms with van der Waals surface area (Å²) in [5.74, 6) is 0.670. The van der Waals surface area contributed by atoms with Gasteiger partial charge in [-0.1, -0.05) is 18.0 Å². The van der Waals surface area contributed by atoms with Crippen LogP contribution < -0.4 is 0 Å². The van der Waals surface area contributed by atoms with Gasteiger partial charge in [0, 0.05) is 24.4 Å². The molecule has 21 heavy (non-hydrogen) atoms. The van der Waals surface area contributed by atoms with Gasteiger partial charge in [0.2, 0.25) is 5.91 Å². The highest BCUT2D eigenvalue weighted by atomic mass is 32.1. The van der Waals surface area contributed by atoms with Gasteiger partial charge < -0.3 is 9.42 Å². The lowest BCUT2D eigenvalue weighted by atomic mass is 10.1. The quantitative estimate of drug-likeness (QED) is 0.852. The first-order chi connectivity index (χ1) is 10.2. The van der Waals surface area contributed by atoms with E-state index in [0.717, 1.165) is 10.7 Å². The van der Waals surface area contributed by atoms with E-state index in [2.05, 4.69) is 15.5 Å². The van der Waals surface area contributed by atoms with E-state index in [1.165, 1.54) is 37.6 Å². The van der Waals surface area contributed by atoms with Crippen LogP contribution in [-0.4, -0.2) is 28.0 Å². The molecule has 0 aliphatic heterocycles. The average Bonchev–Trinajstić information content (AvgIpc) is 3.20. The van der Waals surface area contributed by atoms with Gasteiger partial charge in [-0.3, -0.25) is 4.79 Å². The Morgan fingerprint density at radius 1 is 1.48 bits per heavy atom. The highest BCUT2D eigenvalue weighted by Crippen LogP contribution is 2.34. The Balaban J connectivity index is 1.56. The number of carbonyl (C=O) groups is 1. The summed E-state index contributed by atoms with van der Waals surface area (Å²) in [6, 6.07) is 1.77. The van der Waals surface area contributed by atoms with E-state index < -0.39 is 0 Å². The van der Waals surface area contributed by atoms with Crippen LogP contribution in [0.15, 0.2) is 22.2 Å². The zero-order valence-electron chi connectivity index (χ0n) is 12.1. The molecule has 3 rings (SSSR count). The fraction of sp³-hybridized carbons (Fsp3) is 0.533. The van der Waals surface area contributed by atoms with Gasteiger partial charge in [-0.15, -0.1) is 11.3 Å². The highest BCUT2D eigenvalue weighted by molar-refractivity contribution is 7.09. The largest absolute Gasteiger partial charge is 0.364 e. The third-order valence-electron chi connectivity index (χ3n) is 3.96. The standard InChI is InChI=1S/C15H19N3O2S/c1-18(9-12-6-7-20-17-12)15(19)8-14-16-13(10-21-14)11-4-2-3-5-11/h6-7,10-11H,2-5,8-9H2,1H3. The predicted molar refractivity (Wildman–Crippen MR) is 80.0 cm³/mol. The molecule has 2 heterocycles. The van der Waals surface area contributed by atoms with Gasteiger partial charge in [-0.2, -0.15) is 0 Å². The molecule has 2 aromatic rings. The lowest BCUT2D eigenvalue weighted by Crippen LogP contribution is -2.27. The van der Waals surface area contributed by atoms with Crippen molar-refractivity contribution < 1.29 is 9.32 Å². The maximum absolute atomic E-state index is 12.2. The lowest BCUT2D eigenvalue weighted by Gasteiger charge is -2.14. The van der Waals surface area contributed by atoms with E-state index in [4.69, 9.17) is 4.52 Å². The van der Waals surface area contributed by atoms with Crippen molar-refractivity contribution in [2.24, 2.45) is 0 Å². The van der Waals surface area contributed by atoms with Crippen LogP contribution >= 0.6 is 11.3 Å². The van der Waals surface area contributed by atoms with E-state index in [1.807, 2.05) is 0 Å². The molecule has 0 saturated heterocycles. The molecular formula is C15H19N3O2S. The van der Waals surface area contributed by atoms with Crippen molar-refractivity contribution >= 4 is 17.2 Å². The minimum Gasteiger partial charge on any atom is -0.364 e. The van der Waals surface area contributed by atoms with Crippen molar-refractivity contribution in [3.8, 4) is 0 Å². The molecular weight excluding hydrogens is 286 g/mol. The average molecular weight is 305 g/mol. The molecule has 2 aromatic heterocycles. The summed E-state index contributed by atoms with van der Waals surface area (Å²) in [6.45, 7) is 0.468. The van der Waals surface area contributed by atoms with Crippen molar-refractivity contribution in [1.29, 1.82) is 0 Å². The first-order valence-electron chi connectivity index (χ1n) is 7.30. The first kappa shape index (κ1) is 14.3. The third-order valence-corrected chi connectivity index (χ3v) is 4.83. The summed E-state index contributed by atoms with van der Waals surface area (Å²) >= 11 is 1.60. The van der Waals surface area contributed by atoms with Gasteiger partial charge >= 0.3 is 0 Å². The summed E-state index contributed by atoms with van der Waals surface area (Å²) in [7, 11) is 1.78. The molecule has 1 fully saturated rings. The van der Waals surface area contributed by atoms with Gasteiger partial charge in [0.15, 0.2) is 0 Å². The molecule has 0 aromatic carbocycles. The number of likely N-dealkylation sites (N-methyl/N-ethyl adjacent to an activating group) is 1. The van der Waals surface area contributed by atoms with Gasteiger partial charge in [0.25, 0.3) is 0 Å². The minimum atomic E-state index is 0.0605. The van der Waals surface area contributed by atoms with Crippen LogP contribution in [0.3, 0.4) is 0 Å². The number of hydrogen-bond acceptors (Lipinski definition) is 5. The molecule has 1 aliphatic rings. The second-order valence-electron chi connectivity index (χ2n) is 5.56. The van der Waals surface area contributed by atoms with Crippen LogP contribution in [0.5, 0.6) is 0 Å². The number of amides is 1. The SMILES string of the molecule is CN(Cc1ccon1)C(=O)Cc1nc(C2CCCC2)cs1. The Hall–Kier alpha value is -1.69. The molecule has 0 spiro atoms. The number of thiazole rings is 1. The van der Waals surface area contributed by atoms with Crippen LogP contribution in [0, 0.1) is 0 Å². The summed E-state index contributed by atoms with van der Waals surface area (Å²) in [5, 5.41) is 6.85. The smallest absolute Gasteiger partial charge is 0.229 e. The Kier molecular flexibility index (Phi) is 4.34. The topological polar surface area (TPSA) is 59.2 Å². The fourth-order valence-corrected chi connectivity index (χ4v) is 3.60. The number of rotatable bonds is 5. The van der Waals surface area contributed by atoms with E-state index in [0.29, 0.717) is 18.9 Å². The maximum Gasteiger partial charge on any atom is 0.229 e. The monoisotopic (exact) mass is 305 g/mol. The fourth-order valence-electron chi connectivity index (χ4n) is 2.73. The zero-order valence-corrected chi connectivity index (χ0v) is 12.9. The Morgan fingerprint density at radius 2 is 2.29 bits per heavy atom. The molecule has 0 bridgehead atoms. The van der Waals surface area contributed by atoms with E-state index in [1.54, 1.807) is 29.4 Å². The molecule has 0 atom stereocenters. The van der Waals surface area contributed by atoms with Crippen LogP contribution in [0.1, 0.15) is 48.0 Å². The third kappa shape index (κ3) is 3.50. The molecule has 1 amide bonds. The molecule has 1 aliphatic carbocycles. The predicted octanol–water partition coefficient (Wildman–Crippen LogP) is 2.99. The van der Waals surface area contributed by atoms with Crippen molar-refractivity contribution in [2.45, 2.75) is 44.6 Å². The molecule has 5 nitrogen and oxygen atoms in total. The Bertz CT molecular complexity index is 588. The lowest BCUT2D eigenvalue weighted by molar-refractivity contribution is -0.129. The van der Waals surface area contributed by atoms with E-state index in [9.17, 15) is 4.79 Å². The van der Waals surface area contributed by atoms with Crippen molar-refractivity contribution in [1.82, 2.24) is 15.0 Å². The molecule has 1 saturated carbocycles. The summed E-state index contributed by atoms with van der Waals surface area (Å²) in [6.07, 6.45) is 6.97. The highest BCUT2D eigenvalue weighted by Gasteiger charge is 2.21. The van der Waals surface area contributed by atoms with E-state index >= 15 is 0 Å². The van der Waals surface area contributed by atoms with Crippen molar-refractivity contribution in [3.63, 3.8) is 0 Å². The maximum atomic E-state index is 12.2. The van der Waals surface area contributed by atoms with Crippen LogP contribution in [0.25, 0.3) is 0 Å². The van der Waals surface area contributed by atoms with Gasteiger partial charge in [-0.05, 0) is 12.8 Å². The zero-order chi connectivity index (χ0) is 14.7. The normalized spacial score (nSPS) is 15.5. The first-order valence-corrected chi connectivity index (χ1v) is 8.18. The van der Waals surface area contributed by atoms with Gasteiger partial charge in [-0.25, -0.2) is 4.98 Å². The molecule has 112 valence electrons. The summed E-state index contributed by atoms with van der Waals surface area (Å²) in [4.78, 5) is 18.5. The molecule has 0 N–H and O–H groups in total. The van der Waals surface area contributed by atoms with Crippen LogP contribution in [-0.2, 0) is 17.8 Å². The minimum absolute atomic E-state index is 0.0605. The summed E-state index contributed by atoms with van der Waals surface area (Å²) < 4.78 is 4.78. The second kappa shape index (κ2) is 6.39. The van der Waals surface area contributed by atoms with Crippen molar-refractivity contribution in [3.05, 3.63) is 34.1 Å². The molecule has 6 heteroatoms. The number of carbonyl (C=O) groups excluding carboxylic acids is 1. The second-order valence-corrected chi connectivity index (χ2v) is 6.51. The Morgan fingerprint density at radius 3 is 3.00 bits per heavy atom.